The quantitative estimate of drug-likeness (QED) is 0.891. The molecule has 0 spiro atoms. The molecule has 1 heterocycles. The molecule has 5 heteroatoms. The number of hydrogen-bond acceptors (Lipinski definition) is 3. The highest BCUT2D eigenvalue weighted by molar-refractivity contribution is 6.32. The molecule has 0 saturated carbocycles. The maximum absolute atomic E-state index is 8.79. The van der Waals surface area contributed by atoms with Crippen molar-refractivity contribution >= 4 is 17.3 Å². The Balaban J connectivity index is 2.12. The highest BCUT2D eigenvalue weighted by atomic mass is 35.5. The third-order valence-electron chi connectivity index (χ3n) is 2.84. The zero-order valence-corrected chi connectivity index (χ0v) is 11.0. The summed E-state index contributed by atoms with van der Waals surface area (Å²) in [7, 11) is 0. The number of aryl methyl sites for hydroxylation is 2. The fourth-order valence-corrected chi connectivity index (χ4v) is 1.96. The Hall–Kier alpha value is -1.99. The third kappa shape index (κ3) is 2.47. The van der Waals surface area contributed by atoms with E-state index < -0.39 is 0 Å². The van der Waals surface area contributed by atoms with Gasteiger partial charge in [-0.1, -0.05) is 11.6 Å². The number of aromatic nitrogens is 2. The molecule has 1 aromatic heterocycles. The van der Waals surface area contributed by atoms with E-state index in [2.05, 4.69) is 15.5 Å². The summed E-state index contributed by atoms with van der Waals surface area (Å²) in [6.07, 6.45) is 0. The highest BCUT2D eigenvalue weighted by Crippen LogP contribution is 2.21. The second-order valence-electron chi connectivity index (χ2n) is 4.07. The van der Waals surface area contributed by atoms with Gasteiger partial charge in [-0.3, -0.25) is 5.10 Å². The average Bonchev–Trinajstić information content (AvgIpc) is 2.67. The summed E-state index contributed by atoms with van der Waals surface area (Å²) >= 11 is 5.97. The van der Waals surface area contributed by atoms with Gasteiger partial charge in [0.15, 0.2) is 0 Å². The molecule has 18 heavy (non-hydrogen) atoms. The number of halogens is 1. The lowest BCUT2D eigenvalue weighted by molar-refractivity contribution is 1.02. The fraction of sp³-hybridized carbons (Fsp3) is 0.231. The summed E-state index contributed by atoms with van der Waals surface area (Å²) in [5.41, 5.74) is 4.56. The average molecular weight is 261 g/mol. The van der Waals surface area contributed by atoms with E-state index in [0.29, 0.717) is 17.1 Å². The van der Waals surface area contributed by atoms with E-state index in [0.717, 1.165) is 22.6 Å². The van der Waals surface area contributed by atoms with E-state index >= 15 is 0 Å². The molecule has 0 aliphatic rings. The van der Waals surface area contributed by atoms with E-state index in [9.17, 15) is 0 Å². The maximum Gasteiger partial charge on any atom is 0.101 e. The standard InChI is InChI=1S/C13H13ClN4/c1-8-12(9(2)18-17-8)7-16-11-4-3-10(6-15)13(14)5-11/h3-5,16H,7H2,1-2H3,(H,17,18). The molecule has 0 amide bonds. The van der Waals surface area contributed by atoms with Gasteiger partial charge in [-0.25, -0.2) is 0 Å². The van der Waals surface area contributed by atoms with Crippen molar-refractivity contribution in [2.75, 3.05) is 5.32 Å². The van der Waals surface area contributed by atoms with Gasteiger partial charge in [0.2, 0.25) is 0 Å². The molecule has 92 valence electrons. The van der Waals surface area contributed by atoms with E-state index in [4.69, 9.17) is 16.9 Å². The monoisotopic (exact) mass is 260 g/mol. The van der Waals surface area contributed by atoms with Crippen molar-refractivity contribution in [3.8, 4) is 6.07 Å². The summed E-state index contributed by atoms with van der Waals surface area (Å²) in [6, 6.07) is 7.34. The first-order valence-electron chi connectivity index (χ1n) is 5.55. The van der Waals surface area contributed by atoms with Gasteiger partial charge in [0.25, 0.3) is 0 Å². The molecule has 0 aliphatic heterocycles. The Morgan fingerprint density at radius 3 is 2.78 bits per heavy atom. The first-order chi connectivity index (χ1) is 8.61. The van der Waals surface area contributed by atoms with Gasteiger partial charge in [0, 0.05) is 23.5 Å². The minimum atomic E-state index is 0.461. The van der Waals surface area contributed by atoms with Gasteiger partial charge < -0.3 is 5.32 Å². The van der Waals surface area contributed by atoms with Gasteiger partial charge >= 0.3 is 0 Å². The maximum atomic E-state index is 8.79. The van der Waals surface area contributed by atoms with Crippen LogP contribution in [-0.2, 0) is 6.54 Å². The summed E-state index contributed by atoms with van der Waals surface area (Å²) < 4.78 is 0. The zero-order valence-electron chi connectivity index (χ0n) is 10.2. The Kier molecular flexibility index (Phi) is 3.54. The second kappa shape index (κ2) is 5.11. The lowest BCUT2D eigenvalue weighted by atomic mass is 10.2. The predicted octanol–water partition coefficient (Wildman–Crippen LogP) is 3.16. The molecule has 4 nitrogen and oxygen atoms in total. The fourth-order valence-electron chi connectivity index (χ4n) is 1.74. The largest absolute Gasteiger partial charge is 0.381 e. The van der Waals surface area contributed by atoms with Crippen LogP contribution in [0.15, 0.2) is 18.2 Å². The minimum absolute atomic E-state index is 0.461. The van der Waals surface area contributed by atoms with Crippen LogP contribution in [0.1, 0.15) is 22.5 Å². The van der Waals surface area contributed by atoms with Gasteiger partial charge in [-0.15, -0.1) is 0 Å². The SMILES string of the molecule is Cc1n[nH]c(C)c1CNc1ccc(C#N)c(Cl)c1. The smallest absolute Gasteiger partial charge is 0.101 e. The van der Waals surface area contributed by atoms with Crippen molar-refractivity contribution < 1.29 is 0 Å². The highest BCUT2D eigenvalue weighted by Gasteiger charge is 2.06. The van der Waals surface area contributed by atoms with Crippen molar-refractivity contribution in [3.05, 3.63) is 45.7 Å². The molecule has 2 rings (SSSR count). The molecule has 0 fully saturated rings. The van der Waals surface area contributed by atoms with Gasteiger partial charge in [0.1, 0.15) is 6.07 Å². The zero-order chi connectivity index (χ0) is 13.1. The van der Waals surface area contributed by atoms with Gasteiger partial charge in [-0.2, -0.15) is 10.4 Å². The minimum Gasteiger partial charge on any atom is -0.381 e. The number of nitrogens with zero attached hydrogens (tertiary/aromatic N) is 2. The van der Waals surface area contributed by atoms with Crippen LogP contribution in [0, 0.1) is 25.2 Å². The van der Waals surface area contributed by atoms with Crippen LogP contribution in [0.5, 0.6) is 0 Å². The number of nitrogens with one attached hydrogen (secondary N) is 2. The van der Waals surface area contributed by atoms with Crippen LogP contribution >= 0.6 is 11.6 Å². The molecule has 0 bridgehead atoms. The summed E-state index contributed by atoms with van der Waals surface area (Å²) in [5.74, 6) is 0. The van der Waals surface area contributed by atoms with Crippen LogP contribution in [0.2, 0.25) is 5.02 Å². The number of aromatic amines is 1. The lowest BCUT2D eigenvalue weighted by Gasteiger charge is -2.07. The molecular formula is C13H13ClN4. The lowest BCUT2D eigenvalue weighted by Crippen LogP contribution is -2.01. The van der Waals surface area contributed by atoms with Crippen molar-refractivity contribution in [2.24, 2.45) is 0 Å². The van der Waals surface area contributed by atoms with Crippen molar-refractivity contribution in [2.45, 2.75) is 20.4 Å². The molecule has 2 aromatic rings. The molecule has 0 radical (unpaired) electrons. The summed E-state index contributed by atoms with van der Waals surface area (Å²) in [5, 5.41) is 19.6. The first kappa shape index (κ1) is 12.5. The van der Waals surface area contributed by atoms with Crippen LogP contribution in [-0.4, -0.2) is 10.2 Å². The molecule has 0 unspecified atom stereocenters. The van der Waals surface area contributed by atoms with Crippen LogP contribution in [0.3, 0.4) is 0 Å². The Morgan fingerprint density at radius 2 is 2.22 bits per heavy atom. The Bertz CT molecular complexity index is 590. The molecule has 0 atom stereocenters. The van der Waals surface area contributed by atoms with Crippen LogP contribution < -0.4 is 5.32 Å². The number of anilines is 1. The molecule has 2 N–H and O–H groups in total. The van der Waals surface area contributed by atoms with Crippen LogP contribution in [0.25, 0.3) is 0 Å². The van der Waals surface area contributed by atoms with Crippen molar-refractivity contribution in [1.29, 1.82) is 5.26 Å². The number of nitriles is 1. The predicted molar refractivity (Wildman–Crippen MR) is 71.6 cm³/mol. The number of rotatable bonds is 3. The molecule has 1 aromatic carbocycles. The summed E-state index contributed by atoms with van der Waals surface area (Å²) in [6.45, 7) is 4.63. The third-order valence-corrected chi connectivity index (χ3v) is 3.15. The molecular weight excluding hydrogens is 248 g/mol. The number of H-pyrrole nitrogens is 1. The van der Waals surface area contributed by atoms with Gasteiger partial charge in [-0.05, 0) is 32.0 Å². The van der Waals surface area contributed by atoms with Crippen molar-refractivity contribution in [3.63, 3.8) is 0 Å². The van der Waals surface area contributed by atoms with Crippen molar-refractivity contribution in [1.82, 2.24) is 10.2 Å². The summed E-state index contributed by atoms with van der Waals surface area (Å²) in [4.78, 5) is 0. The number of benzene rings is 1. The van der Waals surface area contributed by atoms with E-state index in [1.165, 1.54) is 0 Å². The topological polar surface area (TPSA) is 64.5 Å². The van der Waals surface area contributed by atoms with E-state index in [1.807, 2.05) is 26.0 Å². The molecule has 0 aliphatic carbocycles. The first-order valence-corrected chi connectivity index (χ1v) is 5.93. The normalized spacial score (nSPS) is 10.1. The second-order valence-corrected chi connectivity index (χ2v) is 4.48. The Morgan fingerprint density at radius 1 is 1.44 bits per heavy atom. The van der Waals surface area contributed by atoms with Gasteiger partial charge in [0.05, 0.1) is 16.3 Å². The van der Waals surface area contributed by atoms with Crippen LogP contribution in [0.4, 0.5) is 5.69 Å². The van der Waals surface area contributed by atoms with E-state index in [-0.39, 0.29) is 0 Å². The Labute approximate surface area is 111 Å². The molecule has 0 saturated heterocycles. The number of hydrogen-bond donors (Lipinski definition) is 2. The van der Waals surface area contributed by atoms with E-state index in [1.54, 1.807) is 12.1 Å².